The predicted octanol–water partition coefficient (Wildman–Crippen LogP) is 2.35. The fourth-order valence-electron chi connectivity index (χ4n) is 1.27. The van der Waals surface area contributed by atoms with Crippen LogP contribution < -0.4 is 5.32 Å². The van der Waals surface area contributed by atoms with Gasteiger partial charge in [0.2, 0.25) is 0 Å². The van der Waals surface area contributed by atoms with Crippen molar-refractivity contribution in [2.75, 3.05) is 19.4 Å². The van der Waals surface area contributed by atoms with Crippen LogP contribution in [0.15, 0.2) is 23.1 Å². The van der Waals surface area contributed by atoms with E-state index in [1.54, 1.807) is 19.1 Å². The second kappa shape index (κ2) is 7.28. The van der Waals surface area contributed by atoms with Crippen molar-refractivity contribution in [3.8, 4) is 0 Å². The van der Waals surface area contributed by atoms with E-state index in [2.05, 4.69) is 5.32 Å². The van der Waals surface area contributed by atoms with Crippen molar-refractivity contribution in [2.24, 2.45) is 0 Å². The number of thioether (sulfide) groups is 1. The average molecular weight is 288 g/mol. The Morgan fingerprint density at radius 2 is 2.17 bits per heavy atom. The Morgan fingerprint density at radius 3 is 2.78 bits per heavy atom. The van der Waals surface area contributed by atoms with Crippen molar-refractivity contribution in [3.05, 3.63) is 28.8 Å². The van der Waals surface area contributed by atoms with Crippen LogP contribution in [-0.2, 0) is 9.53 Å². The Morgan fingerprint density at radius 1 is 1.44 bits per heavy atom. The minimum absolute atomic E-state index is 0.160. The lowest BCUT2D eigenvalue weighted by Crippen LogP contribution is -2.30. The molecule has 0 bridgehead atoms. The maximum absolute atomic E-state index is 11.8. The van der Waals surface area contributed by atoms with Crippen molar-refractivity contribution >= 4 is 35.2 Å². The fraction of sp³-hybridized carbons (Fsp3) is 0.333. The third kappa shape index (κ3) is 4.23. The van der Waals surface area contributed by atoms with Crippen LogP contribution in [0.1, 0.15) is 17.3 Å². The molecule has 0 unspecified atom stereocenters. The van der Waals surface area contributed by atoms with Gasteiger partial charge in [-0.1, -0.05) is 11.6 Å². The molecule has 1 N–H and O–H groups in total. The van der Waals surface area contributed by atoms with E-state index in [1.807, 2.05) is 12.3 Å². The Bertz CT molecular complexity index is 451. The molecular formula is C12H14ClNO3S. The second-order valence-electron chi connectivity index (χ2n) is 3.33. The van der Waals surface area contributed by atoms with E-state index in [-0.39, 0.29) is 19.1 Å². The number of benzene rings is 1. The summed E-state index contributed by atoms with van der Waals surface area (Å²) >= 11 is 7.45. The van der Waals surface area contributed by atoms with Crippen LogP contribution in [0.2, 0.25) is 5.02 Å². The molecule has 0 aliphatic rings. The van der Waals surface area contributed by atoms with Gasteiger partial charge in [-0.25, -0.2) is 0 Å². The van der Waals surface area contributed by atoms with Crippen LogP contribution in [0.3, 0.4) is 0 Å². The molecule has 0 saturated carbocycles. The number of rotatable bonds is 5. The zero-order valence-corrected chi connectivity index (χ0v) is 11.7. The normalized spacial score (nSPS) is 9.94. The molecule has 4 nitrogen and oxygen atoms in total. The van der Waals surface area contributed by atoms with Gasteiger partial charge in [-0.3, -0.25) is 9.59 Å². The number of halogens is 1. The van der Waals surface area contributed by atoms with E-state index in [0.717, 1.165) is 4.90 Å². The van der Waals surface area contributed by atoms with Crippen molar-refractivity contribution in [1.29, 1.82) is 0 Å². The summed E-state index contributed by atoms with van der Waals surface area (Å²) in [6.07, 6.45) is 1.91. The molecule has 0 fully saturated rings. The summed E-state index contributed by atoms with van der Waals surface area (Å²) < 4.78 is 4.71. The molecule has 0 aliphatic carbocycles. The zero-order valence-electron chi connectivity index (χ0n) is 10.2. The van der Waals surface area contributed by atoms with Gasteiger partial charge in [0, 0.05) is 4.90 Å². The lowest BCUT2D eigenvalue weighted by Gasteiger charge is -2.07. The van der Waals surface area contributed by atoms with Gasteiger partial charge in [-0.2, -0.15) is 0 Å². The molecule has 0 aliphatic heterocycles. The molecule has 98 valence electrons. The molecule has 0 radical (unpaired) electrons. The van der Waals surface area contributed by atoms with Gasteiger partial charge in [0.1, 0.15) is 6.54 Å². The van der Waals surface area contributed by atoms with Gasteiger partial charge >= 0.3 is 5.97 Å². The van der Waals surface area contributed by atoms with Crippen LogP contribution in [0.25, 0.3) is 0 Å². The Hall–Kier alpha value is -1.20. The molecular weight excluding hydrogens is 274 g/mol. The highest BCUT2D eigenvalue weighted by molar-refractivity contribution is 7.98. The highest BCUT2D eigenvalue weighted by Crippen LogP contribution is 2.22. The molecule has 1 rings (SSSR count). The maximum atomic E-state index is 11.8. The van der Waals surface area contributed by atoms with Crippen LogP contribution in [0.5, 0.6) is 0 Å². The number of nitrogens with one attached hydrogen (secondary N) is 1. The molecule has 1 amide bonds. The summed E-state index contributed by atoms with van der Waals surface area (Å²) in [4.78, 5) is 23.9. The van der Waals surface area contributed by atoms with Crippen LogP contribution >= 0.6 is 23.4 Å². The van der Waals surface area contributed by atoms with E-state index >= 15 is 0 Å². The number of carbonyl (C=O) groups excluding carboxylic acids is 2. The molecule has 0 saturated heterocycles. The third-order valence-electron chi connectivity index (χ3n) is 2.12. The standard InChI is InChI=1S/C12H14ClNO3S/c1-3-17-11(15)7-14-12(16)9-6-8(18-2)4-5-10(9)13/h4-6H,3,7H2,1-2H3,(H,14,16). The summed E-state index contributed by atoms with van der Waals surface area (Å²) in [6, 6.07) is 5.18. The lowest BCUT2D eigenvalue weighted by atomic mass is 10.2. The first-order chi connectivity index (χ1) is 8.58. The first kappa shape index (κ1) is 14.9. The molecule has 0 atom stereocenters. The summed E-state index contributed by atoms with van der Waals surface area (Å²) in [6.45, 7) is 1.84. The van der Waals surface area contributed by atoms with Gasteiger partial charge in [-0.15, -0.1) is 11.8 Å². The Kier molecular flexibility index (Phi) is 6.01. The number of ether oxygens (including phenoxy) is 1. The highest BCUT2D eigenvalue weighted by atomic mass is 35.5. The van der Waals surface area contributed by atoms with Gasteiger partial charge in [-0.05, 0) is 31.4 Å². The van der Waals surface area contributed by atoms with Crippen molar-refractivity contribution in [3.63, 3.8) is 0 Å². The smallest absolute Gasteiger partial charge is 0.325 e. The number of hydrogen-bond donors (Lipinski definition) is 1. The third-order valence-corrected chi connectivity index (χ3v) is 3.17. The molecule has 6 heteroatoms. The first-order valence-electron chi connectivity index (χ1n) is 5.35. The molecule has 0 aromatic heterocycles. The number of esters is 1. The van der Waals surface area contributed by atoms with E-state index in [9.17, 15) is 9.59 Å². The molecule has 1 aromatic carbocycles. The first-order valence-corrected chi connectivity index (χ1v) is 6.96. The molecule has 0 spiro atoms. The Balaban J connectivity index is 2.69. The molecule has 0 heterocycles. The SMILES string of the molecule is CCOC(=O)CNC(=O)c1cc(SC)ccc1Cl. The minimum Gasteiger partial charge on any atom is -0.465 e. The number of carbonyl (C=O) groups is 2. The Labute approximate surface area is 115 Å². The quantitative estimate of drug-likeness (QED) is 0.667. The van der Waals surface area contributed by atoms with Crippen molar-refractivity contribution in [1.82, 2.24) is 5.32 Å². The second-order valence-corrected chi connectivity index (χ2v) is 4.62. The maximum Gasteiger partial charge on any atom is 0.325 e. The van der Waals surface area contributed by atoms with Crippen molar-refractivity contribution < 1.29 is 14.3 Å². The fourth-order valence-corrected chi connectivity index (χ4v) is 1.91. The van der Waals surface area contributed by atoms with Gasteiger partial charge in [0.25, 0.3) is 5.91 Å². The topological polar surface area (TPSA) is 55.4 Å². The summed E-state index contributed by atoms with van der Waals surface area (Å²) in [5.41, 5.74) is 0.354. The van der Waals surface area contributed by atoms with Crippen LogP contribution in [-0.4, -0.2) is 31.3 Å². The van der Waals surface area contributed by atoms with E-state index < -0.39 is 5.97 Å². The van der Waals surface area contributed by atoms with E-state index in [0.29, 0.717) is 10.6 Å². The molecule has 1 aromatic rings. The molecule has 18 heavy (non-hydrogen) atoms. The van der Waals surface area contributed by atoms with Crippen LogP contribution in [0.4, 0.5) is 0 Å². The summed E-state index contributed by atoms with van der Waals surface area (Å²) in [5, 5.41) is 2.82. The summed E-state index contributed by atoms with van der Waals surface area (Å²) in [5.74, 6) is -0.855. The van der Waals surface area contributed by atoms with Crippen LogP contribution in [0, 0.1) is 0 Å². The van der Waals surface area contributed by atoms with Gasteiger partial charge < -0.3 is 10.1 Å². The van der Waals surface area contributed by atoms with Gasteiger partial charge in [0.15, 0.2) is 0 Å². The average Bonchev–Trinajstić information content (AvgIpc) is 2.37. The lowest BCUT2D eigenvalue weighted by molar-refractivity contribution is -0.141. The zero-order chi connectivity index (χ0) is 13.5. The van der Waals surface area contributed by atoms with E-state index in [4.69, 9.17) is 16.3 Å². The number of hydrogen-bond acceptors (Lipinski definition) is 4. The van der Waals surface area contributed by atoms with E-state index in [1.165, 1.54) is 11.8 Å². The largest absolute Gasteiger partial charge is 0.465 e. The predicted molar refractivity (Wildman–Crippen MR) is 72.2 cm³/mol. The minimum atomic E-state index is -0.469. The monoisotopic (exact) mass is 287 g/mol. The highest BCUT2D eigenvalue weighted by Gasteiger charge is 2.12. The summed E-state index contributed by atoms with van der Waals surface area (Å²) in [7, 11) is 0. The number of amides is 1. The van der Waals surface area contributed by atoms with Crippen molar-refractivity contribution in [2.45, 2.75) is 11.8 Å². The van der Waals surface area contributed by atoms with Gasteiger partial charge in [0.05, 0.1) is 17.2 Å².